The third-order valence-electron chi connectivity index (χ3n) is 3.71. The van der Waals surface area contributed by atoms with Crippen molar-refractivity contribution in [3.63, 3.8) is 0 Å². The molecule has 1 aromatic carbocycles. The first-order chi connectivity index (χ1) is 10.1. The number of ketones is 1. The van der Waals surface area contributed by atoms with E-state index in [1.54, 1.807) is 24.3 Å². The minimum absolute atomic E-state index is 0.279. The fraction of sp³-hybridized carbons (Fsp3) is 0.438. The van der Waals surface area contributed by atoms with Gasteiger partial charge in [-0.1, -0.05) is 38.3 Å². The third-order valence-corrected chi connectivity index (χ3v) is 3.71. The van der Waals surface area contributed by atoms with E-state index in [1.807, 2.05) is 0 Å². The van der Waals surface area contributed by atoms with Crippen molar-refractivity contribution in [1.29, 1.82) is 0 Å². The van der Waals surface area contributed by atoms with Crippen LogP contribution >= 0.6 is 0 Å². The number of benzene rings is 1. The SMILES string of the molecule is CCCCCCN1C(=O)[C@@H](C(=O)[O-])C(=O)c2ccccc21. The zero-order valence-corrected chi connectivity index (χ0v) is 12.0. The maximum atomic E-state index is 12.3. The van der Waals surface area contributed by atoms with Gasteiger partial charge in [-0.3, -0.25) is 9.59 Å². The molecule has 0 spiro atoms. The topological polar surface area (TPSA) is 77.5 Å². The molecule has 1 aliphatic rings. The van der Waals surface area contributed by atoms with Gasteiger partial charge in [-0.15, -0.1) is 0 Å². The van der Waals surface area contributed by atoms with Gasteiger partial charge in [0.25, 0.3) is 0 Å². The number of carboxylic acid groups (broad SMARTS) is 1. The Bertz CT molecular complexity index is 567. The maximum Gasteiger partial charge on any atom is 0.243 e. The Morgan fingerprint density at radius 1 is 1.19 bits per heavy atom. The Balaban J connectivity index is 2.29. The molecule has 1 amide bonds. The summed E-state index contributed by atoms with van der Waals surface area (Å²) in [6.45, 7) is 2.51. The first kappa shape index (κ1) is 15.2. The molecule has 5 nitrogen and oxygen atoms in total. The van der Waals surface area contributed by atoms with E-state index >= 15 is 0 Å². The van der Waals surface area contributed by atoms with Crippen LogP contribution in [-0.4, -0.2) is 24.2 Å². The maximum absolute atomic E-state index is 12.3. The minimum atomic E-state index is -1.72. The second-order valence-electron chi connectivity index (χ2n) is 5.18. The van der Waals surface area contributed by atoms with Gasteiger partial charge in [0.15, 0.2) is 5.78 Å². The van der Waals surface area contributed by atoms with Crippen molar-refractivity contribution in [2.75, 3.05) is 11.4 Å². The van der Waals surface area contributed by atoms with Crippen LogP contribution in [0.3, 0.4) is 0 Å². The predicted octanol–water partition coefficient (Wildman–Crippen LogP) is 1.16. The van der Waals surface area contributed by atoms with E-state index in [4.69, 9.17) is 0 Å². The van der Waals surface area contributed by atoms with E-state index in [0.717, 1.165) is 25.7 Å². The summed E-state index contributed by atoms with van der Waals surface area (Å²) in [7, 11) is 0. The molecule has 0 saturated carbocycles. The smallest absolute Gasteiger partial charge is 0.243 e. The second-order valence-corrected chi connectivity index (χ2v) is 5.18. The first-order valence-electron chi connectivity index (χ1n) is 7.23. The van der Waals surface area contributed by atoms with Gasteiger partial charge >= 0.3 is 0 Å². The third kappa shape index (κ3) is 2.96. The summed E-state index contributed by atoms with van der Waals surface area (Å²) in [5.74, 6) is -4.71. The lowest BCUT2D eigenvalue weighted by molar-refractivity contribution is -0.307. The van der Waals surface area contributed by atoms with Gasteiger partial charge in [0.05, 0.1) is 11.7 Å². The zero-order chi connectivity index (χ0) is 15.4. The fourth-order valence-corrected chi connectivity index (χ4v) is 2.59. The van der Waals surface area contributed by atoms with E-state index in [2.05, 4.69) is 6.92 Å². The van der Waals surface area contributed by atoms with Crippen LogP contribution < -0.4 is 10.0 Å². The number of unbranched alkanes of at least 4 members (excludes halogenated alkanes) is 3. The lowest BCUT2D eigenvalue weighted by Gasteiger charge is -2.33. The van der Waals surface area contributed by atoms with Crippen LogP contribution in [0.4, 0.5) is 5.69 Å². The van der Waals surface area contributed by atoms with Crippen LogP contribution in [-0.2, 0) is 9.59 Å². The monoisotopic (exact) mass is 288 g/mol. The molecule has 2 rings (SSSR count). The summed E-state index contributed by atoms with van der Waals surface area (Å²) in [6, 6.07) is 6.63. The molecule has 0 aliphatic carbocycles. The number of carboxylic acids is 1. The summed E-state index contributed by atoms with van der Waals surface area (Å²) in [4.78, 5) is 36.9. The lowest BCUT2D eigenvalue weighted by atomic mass is 9.90. The van der Waals surface area contributed by atoms with Crippen molar-refractivity contribution in [3.8, 4) is 0 Å². The van der Waals surface area contributed by atoms with Gasteiger partial charge < -0.3 is 14.8 Å². The van der Waals surface area contributed by atoms with E-state index < -0.39 is 23.6 Å². The molecule has 1 aliphatic heterocycles. The quantitative estimate of drug-likeness (QED) is 0.581. The van der Waals surface area contributed by atoms with E-state index in [-0.39, 0.29) is 5.56 Å². The highest BCUT2D eigenvalue weighted by atomic mass is 16.4. The number of anilines is 1. The molecule has 0 N–H and O–H groups in total. The number of aliphatic carboxylic acids is 1. The molecule has 1 heterocycles. The highest BCUT2D eigenvalue weighted by Crippen LogP contribution is 2.30. The standard InChI is InChI=1S/C16H19NO4/c1-2-3-4-7-10-17-12-9-6-5-8-11(12)14(18)13(15(17)19)16(20)21/h5-6,8-9,13H,2-4,7,10H2,1H3,(H,20,21)/p-1/t13-/m0/s1. The highest BCUT2D eigenvalue weighted by molar-refractivity contribution is 6.29. The second kappa shape index (κ2) is 6.52. The molecule has 0 bridgehead atoms. The Hall–Kier alpha value is -2.17. The van der Waals surface area contributed by atoms with Crippen molar-refractivity contribution < 1.29 is 19.5 Å². The predicted molar refractivity (Wildman–Crippen MR) is 75.8 cm³/mol. The average Bonchev–Trinajstić information content (AvgIpc) is 2.46. The Kier molecular flexibility index (Phi) is 4.73. The summed E-state index contributed by atoms with van der Waals surface area (Å²) < 4.78 is 0. The van der Waals surface area contributed by atoms with Crippen LogP contribution in [0.1, 0.15) is 43.0 Å². The number of rotatable bonds is 6. The number of Topliss-reactive ketones (excluding diaryl/α,β-unsaturated/α-hetero) is 1. The van der Waals surface area contributed by atoms with Gasteiger partial charge in [0, 0.05) is 12.1 Å². The van der Waals surface area contributed by atoms with Crippen LogP contribution in [0.5, 0.6) is 0 Å². The number of carbonyl (C=O) groups excluding carboxylic acids is 3. The van der Waals surface area contributed by atoms with Crippen molar-refractivity contribution >= 4 is 23.3 Å². The van der Waals surface area contributed by atoms with Crippen molar-refractivity contribution in [2.45, 2.75) is 32.6 Å². The molecular formula is C16H18NO4-. The van der Waals surface area contributed by atoms with Gasteiger partial charge in [0.2, 0.25) is 5.91 Å². The normalized spacial score (nSPS) is 17.8. The van der Waals surface area contributed by atoms with Crippen LogP contribution in [0.2, 0.25) is 0 Å². The molecular weight excluding hydrogens is 270 g/mol. The zero-order valence-electron chi connectivity index (χ0n) is 12.0. The Labute approximate surface area is 123 Å². The summed E-state index contributed by atoms with van der Waals surface area (Å²) >= 11 is 0. The molecule has 5 heteroatoms. The number of hydrogen-bond acceptors (Lipinski definition) is 4. The summed E-state index contributed by atoms with van der Waals surface area (Å²) in [5.41, 5.74) is 0.781. The largest absolute Gasteiger partial charge is 0.549 e. The highest BCUT2D eigenvalue weighted by Gasteiger charge is 2.39. The molecule has 0 fully saturated rings. The number of hydrogen-bond donors (Lipinski definition) is 0. The van der Waals surface area contributed by atoms with Crippen LogP contribution in [0.25, 0.3) is 0 Å². The van der Waals surface area contributed by atoms with Crippen molar-refractivity contribution in [3.05, 3.63) is 29.8 Å². The molecule has 1 atom stereocenters. The molecule has 112 valence electrons. The number of carbonyl (C=O) groups is 3. The lowest BCUT2D eigenvalue weighted by Crippen LogP contribution is -2.52. The van der Waals surface area contributed by atoms with Gasteiger partial charge in [-0.2, -0.15) is 0 Å². The molecule has 21 heavy (non-hydrogen) atoms. The van der Waals surface area contributed by atoms with Gasteiger partial charge in [0.1, 0.15) is 5.92 Å². The number of amides is 1. The molecule has 1 aromatic rings. The molecule has 0 saturated heterocycles. The van der Waals surface area contributed by atoms with Gasteiger partial charge in [-0.05, 0) is 18.6 Å². The Morgan fingerprint density at radius 3 is 2.57 bits per heavy atom. The first-order valence-corrected chi connectivity index (χ1v) is 7.23. The van der Waals surface area contributed by atoms with E-state index in [9.17, 15) is 19.5 Å². The van der Waals surface area contributed by atoms with Crippen molar-refractivity contribution in [1.82, 2.24) is 0 Å². The van der Waals surface area contributed by atoms with Crippen molar-refractivity contribution in [2.24, 2.45) is 5.92 Å². The van der Waals surface area contributed by atoms with Crippen LogP contribution in [0, 0.1) is 5.92 Å². The molecule has 0 unspecified atom stereocenters. The summed E-state index contributed by atoms with van der Waals surface area (Å²) in [5, 5.41) is 11.1. The molecule has 0 aromatic heterocycles. The fourth-order valence-electron chi connectivity index (χ4n) is 2.59. The number of nitrogens with zero attached hydrogens (tertiary/aromatic N) is 1. The number of para-hydroxylation sites is 1. The minimum Gasteiger partial charge on any atom is -0.549 e. The van der Waals surface area contributed by atoms with Gasteiger partial charge in [-0.25, -0.2) is 0 Å². The number of fused-ring (bicyclic) bond motifs is 1. The van der Waals surface area contributed by atoms with E-state index in [1.165, 1.54) is 4.90 Å². The van der Waals surface area contributed by atoms with Crippen LogP contribution in [0.15, 0.2) is 24.3 Å². The molecule has 0 radical (unpaired) electrons. The van der Waals surface area contributed by atoms with E-state index in [0.29, 0.717) is 12.2 Å². The Morgan fingerprint density at radius 2 is 1.90 bits per heavy atom. The average molecular weight is 288 g/mol. The summed E-state index contributed by atoms with van der Waals surface area (Å²) in [6.07, 6.45) is 3.88.